The number of benzene rings is 2. The number of aryl methyl sites for hydroxylation is 2. The lowest BCUT2D eigenvalue weighted by molar-refractivity contribution is -0.118. The van der Waals surface area contributed by atoms with E-state index in [1.165, 1.54) is 28.8 Å². The van der Waals surface area contributed by atoms with Gasteiger partial charge in [-0.3, -0.25) is 18.8 Å². The maximum atomic E-state index is 13.4. The van der Waals surface area contributed by atoms with Crippen molar-refractivity contribution in [3.63, 3.8) is 0 Å². The van der Waals surface area contributed by atoms with Crippen LogP contribution in [0.25, 0.3) is 11.0 Å². The van der Waals surface area contributed by atoms with E-state index in [0.717, 1.165) is 22.9 Å². The van der Waals surface area contributed by atoms with Crippen LogP contribution in [0.5, 0.6) is 0 Å². The summed E-state index contributed by atoms with van der Waals surface area (Å²) in [5.74, 6) is -0.925. The van der Waals surface area contributed by atoms with Crippen molar-refractivity contribution in [2.24, 2.45) is 0 Å². The van der Waals surface area contributed by atoms with Crippen LogP contribution < -0.4 is 10.9 Å². The lowest BCUT2D eigenvalue weighted by atomic mass is 10.2. The van der Waals surface area contributed by atoms with Crippen LogP contribution in [0.3, 0.4) is 0 Å². The van der Waals surface area contributed by atoms with Gasteiger partial charge in [-0.1, -0.05) is 36.0 Å². The van der Waals surface area contributed by atoms with Gasteiger partial charge in [0.15, 0.2) is 10.7 Å². The van der Waals surface area contributed by atoms with Crippen molar-refractivity contribution in [2.45, 2.75) is 38.6 Å². The minimum atomic E-state index is -0.364. The second-order valence-electron chi connectivity index (χ2n) is 7.70. The van der Waals surface area contributed by atoms with Gasteiger partial charge in [-0.2, -0.15) is 5.10 Å². The van der Waals surface area contributed by atoms with E-state index in [0.29, 0.717) is 28.4 Å². The van der Waals surface area contributed by atoms with Gasteiger partial charge in [0.1, 0.15) is 17.2 Å². The van der Waals surface area contributed by atoms with Crippen LogP contribution >= 0.6 is 11.8 Å². The standard InChI is InChI=1S/C24H23F2N5O2S/c1-3-31-22-21(15(2)29-31)28-24(30(23(22)33)13-17-6-10-19(26)11-7-17)34-14-20(32)27-12-16-4-8-18(25)9-5-16/h4-11H,3,12-14H2,1-2H3,(H,27,32). The number of hydrogen-bond donors (Lipinski definition) is 1. The molecule has 2 heterocycles. The highest BCUT2D eigenvalue weighted by Gasteiger charge is 2.19. The first-order valence-electron chi connectivity index (χ1n) is 10.7. The van der Waals surface area contributed by atoms with Gasteiger partial charge in [0, 0.05) is 13.1 Å². The zero-order valence-electron chi connectivity index (χ0n) is 18.7. The summed E-state index contributed by atoms with van der Waals surface area (Å²) in [5.41, 5.74) is 2.75. The van der Waals surface area contributed by atoms with Crippen LogP contribution in [0.1, 0.15) is 23.7 Å². The van der Waals surface area contributed by atoms with Gasteiger partial charge in [0.25, 0.3) is 5.56 Å². The molecule has 4 aromatic rings. The monoisotopic (exact) mass is 483 g/mol. The highest BCUT2D eigenvalue weighted by Crippen LogP contribution is 2.21. The summed E-state index contributed by atoms with van der Waals surface area (Å²) in [6.07, 6.45) is 0. The Balaban J connectivity index is 1.59. The number of hydrogen-bond acceptors (Lipinski definition) is 5. The smallest absolute Gasteiger partial charge is 0.280 e. The minimum Gasteiger partial charge on any atom is -0.351 e. The van der Waals surface area contributed by atoms with Crippen LogP contribution in [0, 0.1) is 18.6 Å². The Morgan fingerprint density at radius 1 is 1.03 bits per heavy atom. The molecule has 176 valence electrons. The van der Waals surface area contributed by atoms with Crippen LogP contribution in [-0.2, 0) is 24.4 Å². The first-order valence-corrected chi connectivity index (χ1v) is 11.7. The van der Waals surface area contributed by atoms with Crippen molar-refractivity contribution in [1.29, 1.82) is 0 Å². The summed E-state index contributed by atoms with van der Waals surface area (Å²) in [6, 6.07) is 11.8. The van der Waals surface area contributed by atoms with Gasteiger partial charge in [0.2, 0.25) is 5.91 Å². The van der Waals surface area contributed by atoms with Crippen molar-refractivity contribution in [2.75, 3.05) is 5.75 Å². The summed E-state index contributed by atoms with van der Waals surface area (Å²) in [7, 11) is 0. The SMILES string of the molecule is CCn1nc(C)c2nc(SCC(=O)NCc3ccc(F)cc3)n(Cc3ccc(F)cc3)c(=O)c21. The van der Waals surface area contributed by atoms with Crippen LogP contribution in [0.15, 0.2) is 58.5 Å². The number of carbonyl (C=O) groups is 1. The Labute approximate surface area is 198 Å². The molecule has 10 heteroatoms. The summed E-state index contributed by atoms with van der Waals surface area (Å²) in [6.45, 7) is 4.63. The number of rotatable bonds is 8. The van der Waals surface area contributed by atoms with Gasteiger partial charge in [-0.05, 0) is 49.2 Å². The fraction of sp³-hybridized carbons (Fsp3) is 0.250. The van der Waals surface area contributed by atoms with Crippen LogP contribution in [0.2, 0.25) is 0 Å². The molecule has 0 bridgehead atoms. The number of fused-ring (bicyclic) bond motifs is 1. The quantitative estimate of drug-likeness (QED) is 0.306. The normalized spacial score (nSPS) is 11.2. The van der Waals surface area contributed by atoms with E-state index in [9.17, 15) is 18.4 Å². The maximum Gasteiger partial charge on any atom is 0.280 e. The van der Waals surface area contributed by atoms with Crippen molar-refractivity contribution in [3.05, 3.63) is 87.3 Å². The number of nitrogens with zero attached hydrogens (tertiary/aromatic N) is 4. The third-order valence-electron chi connectivity index (χ3n) is 5.27. The van der Waals surface area contributed by atoms with Crippen molar-refractivity contribution in [3.8, 4) is 0 Å². The fourth-order valence-corrected chi connectivity index (χ4v) is 4.34. The molecule has 0 aliphatic carbocycles. The molecule has 4 rings (SSSR count). The highest BCUT2D eigenvalue weighted by atomic mass is 32.2. The van der Waals surface area contributed by atoms with Crippen LogP contribution in [-0.4, -0.2) is 31.0 Å². The van der Waals surface area contributed by atoms with Gasteiger partial charge in [-0.25, -0.2) is 13.8 Å². The number of nitrogens with one attached hydrogen (secondary N) is 1. The molecular weight excluding hydrogens is 460 g/mol. The van der Waals surface area contributed by atoms with E-state index >= 15 is 0 Å². The predicted octanol–water partition coefficient (Wildman–Crippen LogP) is 3.66. The van der Waals surface area contributed by atoms with E-state index in [1.807, 2.05) is 6.92 Å². The van der Waals surface area contributed by atoms with E-state index in [-0.39, 0.29) is 41.9 Å². The Morgan fingerprint density at radius 3 is 2.26 bits per heavy atom. The Hall–Kier alpha value is -3.53. The molecule has 2 aromatic carbocycles. The first kappa shape index (κ1) is 23.6. The third kappa shape index (κ3) is 5.17. The largest absolute Gasteiger partial charge is 0.351 e. The molecular formula is C24H23F2N5O2S. The number of carbonyl (C=O) groups excluding carboxylic acids is 1. The zero-order chi connectivity index (χ0) is 24.2. The molecule has 2 aromatic heterocycles. The average molecular weight is 484 g/mol. The molecule has 0 unspecified atom stereocenters. The van der Waals surface area contributed by atoms with Crippen molar-refractivity contribution in [1.82, 2.24) is 24.6 Å². The van der Waals surface area contributed by atoms with E-state index in [1.54, 1.807) is 35.9 Å². The summed E-state index contributed by atoms with van der Waals surface area (Å²) in [4.78, 5) is 30.6. The van der Waals surface area contributed by atoms with Crippen molar-refractivity contribution >= 4 is 28.7 Å². The molecule has 7 nitrogen and oxygen atoms in total. The summed E-state index contributed by atoms with van der Waals surface area (Å²) >= 11 is 1.14. The van der Waals surface area contributed by atoms with Gasteiger partial charge in [0.05, 0.1) is 18.0 Å². The lowest BCUT2D eigenvalue weighted by Crippen LogP contribution is -2.28. The van der Waals surface area contributed by atoms with Gasteiger partial charge < -0.3 is 5.32 Å². The number of aromatic nitrogens is 4. The molecule has 1 amide bonds. The highest BCUT2D eigenvalue weighted by molar-refractivity contribution is 7.99. The third-order valence-corrected chi connectivity index (χ3v) is 6.25. The summed E-state index contributed by atoms with van der Waals surface area (Å²) < 4.78 is 29.5. The molecule has 0 aliphatic rings. The lowest BCUT2D eigenvalue weighted by Gasteiger charge is -2.13. The maximum absolute atomic E-state index is 13.4. The fourth-order valence-electron chi connectivity index (χ4n) is 3.52. The average Bonchev–Trinajstić information content (AvgIpc) is 3.16. The molecule has 0 saturated carbocycles. The molecule has 34 heavy (non-hydrogen) atoms. The molecule has 0 aliphatic heterocycles. The van der Waals surface area contributed by atoms with Crippen molar-refractivity contribution < 1.29 is 13.6 Å². The zero-order valence-corrected chi connectivity index (χ0v) is 19.5. The van der Waals surface area contributed by atoms with E-state index in [2.05, 4.69) is 15.4 Å². The second-order valence-corrected chi connectivity index (χ2v) is 8.64. The topological polar surface area (TPSA) is 81.8 Å². The molecule has 1 N–H and O–H groups in total. The van der Waals surface area contributed by atoms with Gasteiger partial charge >= 0.3 is 0 Å². The van der Waals surface area contributed by atoms with E-state index in [4.69, 9.17) is 0 Å². The minimum absolute atomic E-state index is 0.0313. The molecule has 0 fully saturated rings. The van der Waals surface area contributed by atoms with Crippen LogP contribution in [0.4, 0.5) is 8.78 Å². The first-order chi connectivity index (χ1) is 16.4. The van der Waals surface area contributed by atoms with Gasteiger partial charge in [-0.15, -0.1) is 0 Å². The molecule has 0 saturated heterocycles. The number of thioether (sulfide) groups is 1. The second kappa shape index (κ2) is 10.2. The molecule has 0 spiro atoms. The number of halogens is 2. The Kier molecular flexibility index (Phi) is 7.06. The number of amides is 1. The van der Waals surface area contributed by atoms with E-state index < -0.39 is 0 Å². The summed E-state index contributed by atoms with van der Waals surface area (Å²) in [5, 5.41) is 7.57. The molecule has 0 atom stereocenters. The predicted molar refractivity (Wildman–Crippen MR) is 127 cm³/mol. The Morgan fingerprint density at radius 2 is 1.65 bits per heavy atom. The Bertz CT molecular complexity index is 1380. The molecule has 0 radical (unpaired) electrons.